The summed E-state index contributed by atoms with van der Waals surface area (Å²) in [6.07, 6.45) is 5.02. The normalized spacial score (nSPS) is 11.8. The SMILES string of the molecule is C[C@H](NCc1ccc(C#N)cn1)c1ncccn1. The van der Waals surface area contributed by atoms with Crippen LogP contribution in [0.15, 0.2) is 36.8 Å². The molecule has 0 fully saturated rings. The van der Waals surface area contributed by atoms with Gasteiger partial charge in [0.15, 0.2) is 0 Å². The van der Waals surface area contributed by atoms with Crippen molar-refractivity contribution in [2.45, 2.75) is 19.5 Å². The molecule has 0 spiro atoms. The molecule has 0 bridgehead atoms. The van der Waals surface area contributed by atoms with E-state index in [1.165, 1.54) is 0 Å². The molecule has 90 valence electrons. The molecule has 0 aliphatic carbocycles. The average molecular weight is 239 g/mol. The topological polar surface area (TPSA) is 74.5 Å². The van der Waals surface area contributed by atoms with E-state index in [2.05, 4.69) is 20.3 Å². The maximum Gasteiger partial charge on any atom is 0.144 e. The molecule has 0 aromatic carbocycles. The fourth-order valence-corrected chi connectivity index (χ4v) is 1.48. The van der Waals surface area contributed by atoms with E-state index in [1.54, 1.807) is 30.7 Å². The van der Waals surface area contributed by atoms with Gasteiger partial charge in [0.05, 0.1) is 17.3 Å². The minimum absolute atomic E-state index is 0.0589. The Balaban J connectivity index is 1.93. The van der Waals surface area contributed by atoms with Gasteiger partial charge in [0, 0.05) is 25.1 Å². The summed E-state index contributed by atoms with van der Waals surface area (Å²) in [7, 11) is 0. The van der Waals surface area contributed by atoms with Crippen molar-refractivity contribution >= 4 is 0 Å². The van der Waals surface area contributed by atoms with Gasteiger partial charge in [0.25, 0.3) is 0 Å². The lowest BCUT2D eigenvalue weighted by Crippen LogP contribution is -2.20. The quantitative estimate of drug-likeness (QED) is 0.877. The van der Waals surface area contributed by atoms with Crippen LogP contribution in [-0.2, 0) is 6.54 Å². The summed E-state index contributed by atoms with van der Waals surface area (Å²) in [5.41, 5.74) is 1.45. The first-order chi connectivity index (χ1) is 8.79. The summed E-state index contributed by atoms with van der Waals surface area (Å²) in [6.45, 7) is 2.62. The van der Waals surface area contributed by atoms with E-state index in [9.17, 15) is 0 Å². The number of pyridine rings is 1. The predicted molar refractivity (Wildman–Crippen MR) is 66.2 cm³/mol. The van der Waals surface area contributed by atoms with Crippen molar-refractivity contribution in [1.82, 2.24) is 20.3 Å². The maximum atomic E-state index is 8.67. The summed E-state index contributed by atoms with van der Waals surface area (Å²) in [5, 5.41) is 12.0. The number of nitriles is 1. The number of aromatic nitrogens is 3. The summed E-state index contributed by atoms with van der Waals surface area (Å²) >= 11 is 0. The molecule has 0 aliphatic heterocycles. The molecular formula is C13H13N5. The Morgan fingerprint density at radius 3 is 2.67 bits per heavy atom. The van der Waals surface area contributed by atoms with Crippen molar-refractivity contribution in [3.8, 4) is 6.07 Å². The lowest BCUT2D eigenvalue weighted by molar-refractivity contribution is 0.540. The molecule has 0 unspecified atom stereocenters. The van der Waals surface area contributed by atoms with E-state index in [1.807, 2.05) is 19.1 Å². The maximum absolute atomic E-state index is 8.67. The molecule has 0 saturated carbocycles. The van der Waals surface area contributed by atoms with E-state index in [0.29, 0.717) is 12.1 Å². The standard InChI is InChI=1S/C13H13N5/c1-10(13-15-5-2-6-16-13)17-9-12-4-3-11(7-14)8-18-12/h2-6,8,10,17H,9H2,1H3/t10-/m0/s1. The second-order valence-electron chi connectivity index (χ2n) is 3.86. The molecule has 18 heavy (non-hydrogen) atoms. The highest BCUT2D eigenvalue weighted by Crippen LogP contribution is 2.06. The molecule has 0 amide bonds. The molecular weight excluding hydrogens is 226 g/mol. The number of hydrogen-bond donors (Lipinski definition) is 1. The summed E-state index contributed by atoms with van der Waals surface area (Å²) < 4.78 is 0. The van der Waals surface area contributed by atoms with Gasteiger partial charge in [-0.3, -0.25) is 4.98 Å². The molecule has 0 aliphatic rings. The third-order valence-electron chi connectivity index (χ3n) is 2.52. The van der Waals surface area contributed by atoms with Crippen LogP contribution in [0.5, 0.6) is 0 Å². The van der Waals surface area contributed by atoms with Crippen LogP contribution < -0.4 is 5.32 Å². The highest BCUT2D eigenvalue weighted by Gasteiger charge is 2.07. The fraction of sp³-hybridized carbons (Fsp3) is 0.231. The molecule has 5 nitrogen and oxygen atoms in total. The Hall–Kier alpha value is -2.32. The van der Waals surface area contributed by atoms with Gasteiger partial charge in [-0.2, -0.15) is 5.26 Å². The molecule has 5 heteroatoms. The first-order valence-electron chi connectivity index (χ1n) is 5.65. The van der Waals surface area contributed by atoms with Crippen molar-refractivity contribution in [3.63, 3.8) is 0 Å². The number of hydrogen-bond acceptors (Lipinski definition) is 5. The van der Waals surface area contributed by atoms with E-state index in [0.717, 1.165) is 11.5 Å². The fourth-order valence-electron chi connectivity index (χ4n) is 1.48. The van der Waals surface area contributed by atoms with Crippen molar-refractivity contribution in [3.05, 3.63) is 53.9 Å². The van der Waals surface area contributed by atoms with Crippen LogP contribution in [0.2, 0.25) is 0 Å². The number of nitrogens with one attached hydrogen (secondary N) is 1. The van der Waals surface area contributed by atoms with Crippen molar-refractivity contribution in [1.29, 1.82) is 5.26 Å². The second-order valence-corrected chi connectivity index (χ2v) is 3.86. The van der Waals surface area contributed by atoms with Gasteiger partial charge >= 0.3 is 0 Å². The summed E-state index contributed by atoms with van der Waals surface area (Å²) in [4.78, 5) is 12.6. The first-order valence-corrected chi connectivity index (χ1v) is 5.65. The zero-order valence-electron chi connectivity index (χ0n) is 10.0. The van der Waals surface area contributed by atoms with E-state index < -0.39 is 0 Å². The van der Waals surface area contributed by atoms with Gasteiger partial charge in [0.1, 0.15) is 11.9 Å². The minimum Gasteiger partial charge on any atom is -0.302 e. The van der Waals surface area contributed by atoms with Crippen molar-refractivity contribution < 1.29 is 0 Å². The van der Waals surface area contributed by atoms with Gasteiger partial charge < -0.3 is 5.32 Å². The van der Waals surface area contributed by atoms with E-state index >= 15 is 0 Å². The van der Waals surface area contributed by atoms with Crippen LogP contribution in [0.4, 0.5) is 0 Å². The Kier molecular flexibility index (Phi) is 3.94. The van der Waals surface area contributed by atoms with Crippen LogP contribution in [0.3, 0.4) is 0 Å². The second kappa shape index (κ2) is 5.84. The monoisotopic (exact) mass is 239 g/mol. The molecule has 0 saturated heterocycles. The lowest BCUT2D eigenvalue weighted by Gasteiger charge is -2.11. The highest BCUT2D eigenvalue weighted by atomic mass is 15.0. The van der Waals surface area contributed by atoms with Crippen LogP contribution in [-0.4, -0.2) is 15.0 Å². The zero-order valence-corrected chi connectivity index (χ0v) is 10.0. The minimum atomic E-state index is 0.0589. The van der Waals surface area contributed by atoms with E-state index in [4.69, 9.17) is 5.26 Å². The summed E-state index contributed by atoms with van der Waals surface area (Å²) in [5.74, 6) is 0.756. The van der Waals surface area contributed by atoms with Crippen LogP contribution >= 0.6 is 0 Å². The third kappa shape index (κ3) is 3.09. The van der Waals surface area contributed by atoms with Crippen LogP contribution in [0.25, 0.3) is 0 Å². The zero-order chi connectivity index (χ0) is 12.8. The van der Waals surface area contributed by atoms with Gasteiger partial charge in [-0.25, -0.2) is 9.97 Å². The lowest BCUT2D eigenvalue weighted by atomic mass is 10.2. The Bertz CT molecular complexity index is 530. The Labute approximate surface area is 106 Å². The van der Waals surface area contributed by atoms with Gasteiger partial charge in [-0.15, -0.1) is 0 Å². The van der Waals surface area contributed by atoms with Gasteiger partial charge in [-0.1, -0.05) is 0 Å². The molecule has 1 N–H and O–H groups in total. The predicted octanol–water partition coefficient (Wildman–Crippen LogP) is 1.59. The molecule has 2 aromatic heterocycles. The largest absolute Gasteiger partial charge is 0.302 e. The number of rotatable bonds is 4. The molecule has 2 rings (SSSR count). The summed E-state index contributed by atoms with van der Waals surface area (Å²) in [6, 6.07) is 7.49. The van der Waals surface area contributed by atoms with Gasteiger partial charge in [0.2, 0.25) is 0 Å². The van der Waals surface area contributed by atoms with Crippen LogP contribution in [0, 0.1) is 11.3 Å². The van der Waals surface area contributed by atoms with Crippen LogP contribution in [0.1, 0.15) is 30.0 Å². The highest BCUT2D eigenvalue weighted by molar-refractivity contribution is 5.26. The van der Waals surface area contributed by atoms with E-state index in [-0.39, 0.29) is 6.04 Å². The third-order valence-corrected chi connectivity index (χ3v) is 2.52. The average Bonchev–Trinajstić information content (AvgIpc) is 2.46. The Morgan fingerprint density at radius 1 is 1.28 bits per heavy atom. The first kappa shape index (κ1) is 12.1. The van der Waals surface area contributed by atoms with Crippen molar-refractivity contribution in [2.24, 2.45) is 0 Å². The van der Waals surface area contributed by atoms with Crippen molar-refractivity contribution in [2.75, 3.05) is 0 Å². The molecule has 2 aromatic rings. The smallest absolute Gasteiger partial charge is 0.144 e. The Morgan fingerprint density at radius 2 is 2.06 bits per heavy atom. The molecule has 1 atom stereocenters. The molecule has 2 heterocycles. The number of nitrogens with zero attached hydrogens (tertiary/aromatic N) is 4. The van der Waals surface area contributed by atoms with Gasteiger partial charge in [-0.05, 0) is 25.1 Å². The molecule has 0 radical (unpaired) electrons.